The molecular weight excluding hydrogens is 294 g/mol. The number of nitrogens with one attached hydrogen (secondary N) is 1. The van der Waals surface area contributed by atoms with E-state index in [0.717, 1.165) is 41.4 Å². The van der Waals surface area contributed by atoms with Gasteiger partial charge in [-0.05, 0) is 42.7 Å². The van der Waals surface area contributed by atoms with Crippen molar-refractivity contribution in [1.29, 1.82) is 0 Å². The molecule has 4 rings (SSSR count). The van der Waals surface area contributed by atoms with E-state index < -0.39 is 0 Å². The van der Waals surface area contributed by atoms with E-state index in [1.54, 1.807) is 0 Å². The van der Waals surface area contributed by atoms with Crippen LogP contribution in [0.3, 0.4) is 0 Å². The molecule has 3 nitrogen and oxygen atoms in total. The second-order valence-electron chi connectivity index (χ2n) is 5.95. The van der Waals surface area contributed by atoms with Gasteiger partial charge in [0.15, 0.2) is 0 Å². The molecular formula is C18H18ClN3. The average Bonchev–Trinajstić information content (AvgIpc) is 2.96. The fourth-order valence-corrected chi connectivity index (χ4v) is 3.39. The summed E-state index contributed by atoms with van der Waals surface area (Å²) >= 11 is 6.05. The van der Waals surface area contributed by atoms with Gasteiger partial charge in [-0.3, -0.25) is 4.90 Å². The molecule has 0 saturated heterocycles. The molecule has 22 heavy (non-hydrogen) atoms. The van der Waals surface area contributed by atoms with Gasteiger partial charge in [-0.25, -0.2) is 4.98 Å². The lowest BCUT2D eigenvalue weighted by Crippen LogP contribution is -2.33. The quantitative estimate of drug-likeness (QED) is 0.763. The van der Waals surface area contributed by atoms with Gasteiger partial charge in [0, 0.05) is 18.1 Å². The van der Waals surface area contributed by atoms with E-state index in [1.807, 2.05) is 18.2 Å². The predicted molar refractivity (Wildman–Crippen MR) is 90.1 cm³/mol. The number of fused-ring (bicyclic) bond motifs is 2. The SMILES string of the molecule is CC(c1nc2ccc(Cl)cc2[nH]1)N1CCc2ccccc2C1. The van der Waals surface area contributed by atoms with E-state index in [9.17, 15) is 0 Å². The van der Waals surface area contributed by atoms with Gasteiger partial charge in [0.1, 0.15) is 5.82 Å². The first-order valence-electron chi connectivity index (χ1n) is 7.67. The normalized spacial score (nSPS) is 16.6. The van der Waals surface area contributed by atoms with E-state index in [1.165, 1.54) is 11.1 Å². The van der Waals surface area contributed by atoms with Crippen LogP contribution in [0.15, 0.2) is 42.5 Å². The number of rotatable bonds is 2. The van der Waals surface area contributed by atoms with Gasteiger partial charge in [0.2, 0.25) is 0 Å². The first-order valence-corrected chi connectivity index (χ1v) is 8.04. The maximum absolute atomic E-state index is 6.05. The van der Waals surface area contributed by atoms with E-state index in [-0.39, 0.29) is 6.04 Å². The third kappa shape index (κ3) is 2.40. The van der Waals surface area contributed by atoms with Crippen molar-refractivity contribution in [3.63, 3.8) is 0 Å². The monoisotopic (exact) mass is 311 g/mol. The Bertz CT molecular complexity index is 824. The van der Waals surface area contributed by atoms with E-state index >= 15 is 0 Å². The summed E-state index contributed by atoms with van der Waals surface area (Å²) in [5, 5.41) is 0.738. The molecule has 112 valence electrons. The zero-order chi connectivity index (χ0) is 15.1. The Morgan fingerprint density at radius 3 is 2.86 bits per heavy atom. The molecule has 0 spiro atoms. The molecule has 0 saturated carbocycles. The van der Waals surface area contributed by atoms with Crippen molar-refractivity contribution in [2.75, 3.05) is 6.54 Å². The number of nitrogens with zero attached hydrogens (tertiary/aromatic N) is 2. The minimum absolute atomic E-state index is 0.263. The molecule has 0 radical (unpaired) electrons. The molecule has 1 N–H and O–H groups in total. The summed E-state index contributed by atoms with van der Waals surface area (Å²) in [7, 11) is 0. The number of aromatic amines is 1. The van der Waals surface area contributed by atoms with Crippen molar-refractivity contribution in [2.45, 2.75) is 25.9 Å². The highest BCUT2D eigenvalue weighted by Crippen LogP contribution is 2.28. The Morgan fingerprint density at radius 1 is 1.18 bits per heavy atom. The van der Waals surface area contributed by atoms with E-state index in [2.05, 4.69) is 41.1 Å². The van der Waals surface area contributed by atoms with Crippen LogP contribution in [-0.4, -0.2) is 21.4 Å². The molecule has 1 aliphatic heterocycles. The molecule has 1 aliphatic rings. The van der Waals surface area contributed by atoms with Crippen LogP contribution in [0.4, 0.5) is 0 Å². The Balaban J connectivity index is 1.62. The van der Waals surface area contributed by atoms with Crippen LogP contribution in [0, 0.1) is 0 Å². The van der Waals surface area contributed by atoms with Crippen LogP contribution >= 0.6 is 11.6 Å². The highest BCUT2D eigenvalue weighted by molar-refractivity contribution is 6.31. The Hall–Kier alpha value is -1.84. The molecule has 2 aromatic carbocycles. The van der Waals surface area contributed by atoms with E-state index in [4.69, 9.17) is 16.6 Å². The number of hydrogen-bond donors (Lipinski definition) is 1. The maximum Gasteiger partial charge on any atom is 0.124 e. The van der Waals surface area contributed by atoms with Crippen LogP contribution in [-0.2, 0) is 13.0 Å². The van der Waals surface area contributed by atoms with Crippen molar-refractivity contribution in [2.24, 2.45) is 0 Å². The number of benzene rings is 2. The van der Waals surface area contributed by atoms with Gasteiger partial charge in [-0.1, -0.05) is 35.9 Å². The van der Waals surface area contributed by atoms with Crippen LogP contribution < -0.4 is 0 Å². The number of hydrogen-bond acceptors (Lipinski definition) is 2. The van der Waals surface area contributed by atoms with Gasteiger partial charge in [0.05, 0.1) is 17.1 Å². The van der Waals surface area contributed by atoms with Gasteiger partial charge in [0.25, 0.3) is 0 Å². The summed E-state index contributed by atoms with van der Waals surface area (Å²) < 4.78 is 0. The molecule has 2 heterocycles. The Labute approximate surface area is 134 Å². The van der Waals surface area contributed by atoms with Crippen LogP contribution in [0.5, 0.6) is 0 Å². The molecule has 0 fully saturated rings. The van der Waals surface area contributed by atoms with Crippen LogP contribution in [0.2, 0.25) is 5.02 Å². The molecule has 3 aromatic rings. The molecule has 4 heteroatoms. The standard InChI is InChI=1S/C18H18ClN3/c1-12(18-20-16-7-6-15(19)10-17(16)21-18)22-9-8-13-4-2-3-5-14(13)11-22/h2-7,10,12H,8-9,11H2,1H3,(H,20,21). The summed E-state index contributed by atoms with van der Waals surface area (Å²) in [5.74, 6) is 1.01. The van der Waals surface area contributed by atoms with Crippen molar-refractivity contribution in [3.05, 3.63) is 64.4 Å². The smallest absolute Gasteiger partial charge is 0.124 e. The topological polar surface area (TPSA) is 31.9 Å². The lowest BCUT2D eigenvalue weighted by atomic mass is 9.99. The summed E-state index contributed by atoms with van der Waals surface area (Å²) in [6.07, 6.45) is 1.10. The molecule has 1 atom stereocenters. The first kappa shape index (κ1) is 13.8. The molecule has 1 unspecified atom stereocenters. The third-order valence-electron chi connectivity index (χ3n) is 4.57. The summed E-state index contributed by atoms with van der Waals surface area (Å²) in [5.41, 5.74) is 4.89. The molecule has 0 amide bonds. The molecule has 0 aliphatic carbocycles. The summed E-state index contributed by atoms with van der Waals surface area (Å²) in [4.78, 5) is 10.6. The van der Waals surface area contributed by atoms with Crippen molar-refractivity contribution >= 4 is 22.6 Å². The highest BCUT2D eigenvalue weighted by Gasteiger charge is 2.23. The number of H-pyrrole nitrogens is 1. The molecule has 0 bridgehead atoms. The minimum atomic E-state index is 0.263. The van der Waals surface area contributed by atoms with Gasteiger partial charge in [-0.15, -0.1) is 0 Å². The number of halogens is 1. The summed E-state index contributed by atoms with van der Waals surface area (Å²) in [6, 6.07) is 14.8. The zero-order valence-corrected chi connectivity index (χ0v) is 13.3. The predicted octanol–water partition coefficient (Wildman–Crippen LogP) is 4.34. The van der Waals surface area contributed by atoms with Gasteiger partial charge in [-0.2, -0.15) is 0 Å². The second-order valence-corrected chi connectivity index (χ2v) is 6.39. The Kier molecular flexibility index (Phi) is 3.40. The number of aromatic nitrogens is 2. The lowest BCUT2D eigenvalue weighted by Gasteiger charge is -2.32. The van der Waals surface area contributed by atoms with Crippen molar-refractivity contribution in [1.82, 2.24) is 14.9 Å². The van der Waals surface area contributed by atoms with Crippen LogP contribution in [0.1, 0.15) is 29.9 Å². The van der Waals surface area contributed by atoms with Gasteiger partial charge >= 0.3 is 0 Å². The van der Waals surface area contributed by atoms with Crippen molar-refractivity contribution in [3.8, 4) is 0 Å². The van der Waals surface area contributed by atoms with Gasteiger partial charge < -0.3 is 4.98 Å². The summed E-state index contributed by atoms with van der Waals surface area (Å²) in [6.45, 7) is 4.26. The fraction of sp³-hybridized carbons (Fsp3) is 0.278. The molecule has 1 aromatic heterocycles. The third-order valence-corrected chi connectivity index (χ3v) is 4.80. The lowest BCUT2D eigenvalue weighted by molar-refractivity contribution is 0.186. The fourth-order valence-electron chi connectivity index (χ4n) is 3.22. The zero-order valence-electron chi connectivity index (χ0n) is 12.5. The van der Waals surface area contributed by atoms with Crippen molar-refractivity contribution < 1.29 is 0 Å². The average molecular weight is 312 g/mol. The highest BCUT2D eigenvalue weighted by atomic mass is 35.5. The minimum Gasteiger partial charge on any atom is -0.341 e. The number of imidazole rings is 1. The largest absolute Gasteiger partial charge is 0.341 e. The van der Waals surface area contributed by atoms with E-state index in [0.29, 0.717) is 0 Å². The second kappa shape index (κ2) is 5.41. The maximum atomic E-state index is 6.05. The Morgan fingerprint density at radius 2 is 2.00 bits per heavy atom. The first-order chi connectivity index (χ1) is 10.7. The van der Waals surface area contributed by atoms with Crippen LogP contribution in [0.25, 0.3) is 11.0 Å².